The van der Waals surface area contributed by atoms with Gasteiger partial charge in [-0.25, -0.2) is 0 Å². The third kappa shape index (κ3) is 5.54. The minimum atomic E-state index is 0.257. The molecule has 1 N–H and O–H groups in total. The lowest BCUT2D eigenvalue weighted by Gasteiger charge is -2.35. The van der Waals surface area contributed by atoms with E-state index in [1.807, 2.05) is 19.2 Å². The van der Waals surface area contributed by atoms with Gasteiger partial charge in [-0.1, -0.05) is 19.1 Å². The van der Waals surface area contributed by atoms with Gasteiger partial charge in [0.2, 0.25) is 0 Å². The summed E-state index contributed by atoms with van der Waals surface area (Å²) in [4.78, 5) is 9.14. The van der Waals surface area contributed by atoms with Crippen LogP contribution in [-0.2, 0) is 0 Å². The fourth-order valence-electron chi connectivity index (χ4n) is 3.13. The molecule has 140 valence electrons. The molecule has 0 radical (unpaired) electrons. The van der Waals surface area contributed by atoms with Crippen molar-refractivity contribution in [2.75, 3.05) is 53.6 Å². The molecule has 1 aromatic carbocycles. The number of aliphatic imine (C=N–C) groups is 1. The van der Waals surface area contributed by atoms with Gasteiger partial charge in [0.25, 0.3) is 0 Å². The van der Waals surface area contributed by atoms with E-state index in [1.54, 1.807) is 7.11 Å². The minimum absolute atomic E-state index is 0.257. The highest BCUT2D eigenvalue weighted by Crippen LogP contribution is 2.23. The Morgan fingerprint density at radius 1 is 1.48 bits per heavy atom. The first kappa shape index (κ1) is 19.9. The summed E-state index contributed by atoms with van der Waals surface area (Å²) in [5.74, 6) is 3.08. The molecule has 2 unspecified atom stereocenters. The van der Waals surface area contributed by atoms with Gasteiger partial charge in [0, 0.05) is 37.7 Å². The van der Waals surface area contributed by atoms with Crippen molar-refractivity contribution in [2.24, 2.45) is 4.99 Å². The Balaban J connectivity index is 2.04. The van der Waals surface area contributed by atoms with Crippen LogP contribution >= 0.6 is 11.8 Å². The summed E-state index contributed by atoms with van der Waals surface area (Å²) in [6.07, 6.45) is 1.21. The molecule has 1 aliphatic heterocycles. The van der Waals surface area contributed by atoms with Crippen LogP contribution in [0.2, 0.25) is 0 Å². The number of benzene rings is 1. The van der Waals surface area contributed by atoms with E-state index < -0.39 is 0 Å². The lowest BCUT2D eigenvalue weighted by molar-refractivity contribution is 0.293. The van der Waals surface area contributed by atoms with Gasteiger partial charge in [-0.05, 0) is 38.2 Å². The fraction of sp³-hybridized carbons (Fsp3) is 0.632. The van der Waals surface area contributed by atoms with Crippen LogP contribution in [0.5, 0.6) is 5.75 Å². The van der Waals surface area contributed by atoms with Crippen LogP contribution in [0.4, 0.5) is 0 Å². The number of methoxy groups -OCH3 is 1. The summed E-state index contributed by atoms with van der Waals surface area (Å²) >= 11 is 2.08. The first-order valence-electron chi connectivity index (χ1n) is 8.96. The molecule has 5 nitrogen and oxygen atoms in total. The van der Waals surface area contributed by atoms with Crippen molar-refractivity contribution < 1.29 is 4.74 Å². The molecule has 1 saturated heterocycles. The molecule has 0 amide bonds. The highest BCUT2D eigenvalue weighted by Gasteiger charge is 2.22. The molecule has 2 atom stereocenters. The lowest BCUT2D eigenvalue weighted by atomic mass is 10.1. The number of rotatable bonds is 6. The summed E-state index contributed by atoms with van der Waals surface area (Å²) in [6.45, 7) is 5.22. The van der Waals surface area contributed by atoms with Gasteiger partial charge >= 0.3 is 0 Å². The van der Waals surface area contributed by atoms with Crippen LogP contribution in [0.1, 0.15) is 24.9 Å². The van der Waals surface area contributed by atoms with E-state index in [-0.39, 0.29) is 6.04 Å². The van der Waals surface area contributed by atoms with Crippen LogP contribution in [0.25, 0.3) is 0 Å². The van der Waals surface area contributed by atoms with Crippen molar-refractivity contribution in [1.29, 1.82) is 0 Å². The normalized spacial score (nSPS) is 19.8. The molecule has 1 aromatic rings. The van der Waals surface area contributed by atoms with Crippen molar-refractivity contribution in [1.82, 2.24) is 15.1 Å². The van der Waals surface area contributed by atoms with Gasteiger partial charge in [0.1, 0.15) is 5.75 Å². The van der Waals surface area contributed by atoms with E-state index in [0.717, 1.165) is 31.3 Å². The highest BCUT2D eigenvalue weighted by molar-refractivity contribution is 8.00. The van der Waals surface area contributed by atoms with E-state index in [9.17, 15) is 0 Å². The molecular formula is C19H32N4OS. The first-order chi connectivity index (χ1) is 12.1. The number of ether oxygens (including phenoxy) is 1. The Morgan fingerprint density at radius 2 is 2.28 bits per heavy atom. The Labute approximate surface area is 156 Å². The summed E-state index contributed by atoms with van der Waals surface area (Å²) in [5, 5.41) is 4.29. The summed E-state index contributed by atoms with van der Waals surface area (Å²) in [6, 6.07) is 8.56. The van der Waals surface area contributed by atoms with E-state index in [0.29, 0.717) is 5.25 Å². The van der Waals surface area contributed by atoms with E-state index in [2.05, 4.69) is 65.0 Å². The van der Waals surface area contributed by atoms with Crippen LogP contribution in [0.3, 0.4) is 0 Å². The Bertz CT molecular complexity index is 564. The predicted octanol–water partition coefficient (Wildman–Crippen LogP) is 2.70. The quantitative estimate of drug-likeness (QED) is 0.621. The van der Waals surface area contributed by atoms with Gasteiger partial charge in [-0.3, -0.25) is 4.99 Å². The molecule has 1 heterocycles. The average molecular weight is 365 g/mol. The minimum Gasteiger partial charge on any atom is -0.497 e. The highest BCUT2D eigenvalue weighted by atomic mass is 32.2. The molecule has 1 fully saturated rings. The zero-order valence-corrected chi connectivity index (χ0v) is 17.0. The summed E-state index contributed by atoms with van der Waals surface area (Å²) in [5.41, 5.74) is 1.24. The van der Waals surface area contributed by atoms with Crippen molar-refractivity contribution in [3.8, 4) is 5.75 Å². The third-order valence-corrected chi connectivity index (χ3v) is 6.03. The van der Waals surface area contributed by atoms with Crippen LogP contribution in [0, 0.1) is 0 Å². The third-order valence-electron chi connectivity index (χ3n) is 4.66. The number of likely N-dealkylation sites (N-methyl/N-ethyl adjacent to an activating group) is 1. The average Bonchev–Trinajstić information content (AvgIpc) is 2.65. The number of guanidine groups is 1. The smallest absolute Gasteiger partial charge is 0.193 e. The van der Waals surface area contributed by atoms with Crippen LogP contribution < -0.4 is 10.1 Å². The fourth-order valence-corrected chi connectivity index (χ4v) is 4.31. The molecule has 0 aliphatic carbocycles. The van der Waals surface area contributed by atoms with Crippen molar-refractivity contribution in [2.45, 2.75) is 24.6 Å². The van der Waals surface area contributed by atoms with Gasteiger partial charge in [0.05, 0.1) is 13.2 Å². The molecule has 0 aromatic heterocycles. The maximum atomic E-state index is 5.38. The molecule has 2 rings (SSSR count). The summed E-state index contributed by atoms with van der Waals surface area (Å²) in [7, 11) is 7.81. The second-order valence-corrected chi connectivity index (χ2v) is 7.94. The largest absolute Gasteiger partial charge is 0.497 e. The number of hydrogen-bond donors (Lipinski definition) is 1. The Hall–Kier alpha value is -1.40. The SMILES string of the molecule is CCC1CN(C(=NC)NCC(c2cccc(OC)c2)N(C)C)CCS1. The van der Waals surface area contributed by atoms with Gasteiger partial charge in [-0.15, -0.1) is 0 Å². The van der Waals surface area contributed by atoms with Crippen molar-refractivity contribution in [3.05, 3.63) is 29.8 Å². The van der Waals surface area contributed by atoms with Crippen LogP contribution in [-0.4, -0.2) is 74.6 Å². The van der Waals surface area contributed by atoms with Gasteiger partial charge < -0.3 is 19.9 Å². The second kappa shape index (κ2) is 9.92. The van der Waals surface area contributed by atoms with Crippen molar-refractivity contribution in [3.63, 3.8) is 0 Å². The van der Waals surface area contributed by atoms with E-state index >= 15 is 0 Å². The van der Waals surface area contributed by atoms with E-state index in [4.69, 9.17) is 4.74 Å². The molecule has 0 bridgehead atoms. The molecule has 6 heteroatoms. The zero-order valence-electron chi connectivity index (χ0n) is 16.2. The lowest BCUT2D eigenvalue weighted by Crippen LogP contribution is -2.49. The molecule has 0 saturated carbocycles. The number of thioether (sulfide) groups is 1. The van der Waals surface area contributed by atoms with Crippen LogP contribution in [0.15, 0.2) is 29.3 Å². The molecule has 0 spiro atoms. The zero-order chi connectivity index (χ0) is 18.2. The van der Waals surface area contributed by atoms with Crippen molar-refractivity contribution >= 4 is 17.7 Å². The maximum absolute atomic E-state index is 5.38. The first-order valence-corrected chi connectivity index (χ1v) is 10.0. The Morgan fingerprint density at radius 3 is 2.92 bits per heavy atom. The van der Waals surface area contributed by atoms with E-state index in [1.165, 1.54) is 17.7 Å². The number of nitrogens with zero attached hydrogens (tertiary/aromatic N) is 3. The molecule has 25 heavy (non-hydrogen) atoms. The Kier molecular flexibility index (Phi) is 7.90. The molecular weight excluding hydrogens is 332 g/mol. The number of hydrogen-bond acceptors (Lipinski definition) is 4. The monoisotopic (exact) mass is 364 g/mol. The standard InChI is InChI=1S/C19H32N4OS/c1-6-17-14-23(10-11-25-17)19(20-2)21-13-18(22(3)4)15-8-7-9-16(12-15)24-5/h7-9,12,17-18H,6,10-11,13-14H2,1-5H3,(H,20,21). The number of nitrogens with one attached hydrogen (secondary N) is 1. The predicted molar refractivity (Wildman–Crippen MR) is 109 cm³/mol. The maximum Gasteiger partial charge on any atom is 0.193 e. The summed E-state index contributed by atoms with van der Waals surface area (Å²) < 4.78 is 5.38. The molecule has 1 aliphatic rings. The second-order valence-electron chi connectivity index (χ2n) is 6.53. The van der Waals surface area contributed by atoms with Gasteiger partial charge in [0.15, 0.2) is 5.96 Å². The van der Waals surface area contributed by atoms with Gasteiger partial charge in [-0.2, -0.15) is 11.8 Å². The topological polar surface area (TPSA) is 40.1 Å².